The molecule has 0 saturated carbocycles. The van der Waals surface area contributed by atoms with Crippen LogP contribution in [0.2, 0.25) is 0 Å². The lowest BCUT2D eigenvalue weighted by Crippen LogP contribution is -2.59. The number of nitrogens with one attached hydrogen (secondary N) is 4. The van der Waals surface area contributed by atoms with E-state index in [0.717, 1.165) is 0 Å². The molecule has 5 atom stereocenters. The molecule has 1 heterocycles. The topological polar surface area (TPSA) is 222 Å². The van der Waals surface area contributed by atoms with Crippen molar-refractivity contribution >= 4 is 29.6 Å². The second-order valence-electron chi connectivity index (χ2n) is 8.56. The monoisotopic (exact) mass is 481 g/mol. The van der Waals surface area contributed by atoms with E-state index in [1.165, 1.54) is 12.5 Å². The number of carboxylic acids is 1. The van der Waals surface area contributed by atoms with E-state index >= 15 is 0 Å². The number of primary amides is 1. The Bertz CT molecular complexity index is 858. The maximum atomic E-state index is 12.9. The zero-order chi connectivity index (χ0) is 26.0. The second-order valence-corrected chi connectivity index (χ2v) is 8.56. The minimum Gasteiger partial charge on any atom is -0.480 e. The maximum Gasteiger partial charge on any atom is 0.326 e. The number of carbonyl (C=O) groups is 5. The first-order chi connectivity index (χ1) is 15.9. The largest absolute Gasteiger partial charge is 0.480 e. The predicted molar refractivity (Wildman–Crippen MR) is 122 cm³/mol. The molecule has 0 bridgehead atoms. The lowest BCUT2D eigenvalue weighted by atomic mass is 9.97. The lowest BCUT2D eigenvalue weighted by Gasteiger charge is -2.28. The number of aromatic nitrogens is 2. The van der Waals surface area contributed by atoms with E-state index in [1.807, 2.05) is 0 Å². The fourth-order valence-electron chi connectivity index (χ4n) is 3.13. The highest BCUT2D eigenvalue weighted by molar-refractivity contribution is 5.96. The number of nitrogens with two attached hydrogens (primary N) is 2. The van der Waals surface area contributed by atoms with Gasteiger partial charge < -0.3 is 37.5 Å². The van der Waals surface area contributed by atoms with Gasteiger partial charge in [0, 0.05) is 18.3 Å². The summed E-state index contributed by atoms with van der Waals surface area (Å²) in [6.45, 7) is 6.80. The highest BCUT2D eigenvalue weighted by atomic mass is 16.4. The van der Waals surface area contributed by atoms with Gasteiger partial charge in [0.2, 0.25) is 23.6 Å². The number of aliphatic carboxylic acids is 1. The van der Waals surface area contributed by atoms with Crippen LogP contribution in [0.1, 0.15) is 46.2 Å². The standard InChI is InChI=1S/C21H35N7O6/c1-5-11(4)17(21(33)34)28-20(32)16(10(2)3)27-19(31)14(7-15(23)29)26-18(30)13(22)6-12-8-24-9-25-12/h8-11,13-14,16-17H,5-7,22H2,1-4H3,(H2,23,29)(H,24,25)(H,26,30)(H,27,31)(H,28,32)(H,33,34). The molecule has 9 N–H and O–H groups in total. The number of hydrogen-bond acceptors (Lipinski definition) is 7. The van der Waals surface area contributed by atoms with Crippen LogP contribution >= 0.6 is 0 Å². The first-order valence-corrected chi connectivity index (χ1v) is 11.0. The average Bonchev–Trinajstić information content (AvgIpc) is 3.26. The number of hydrogen-bond donors (Lipinski definition) is 7. The van der Waals surface area contributed by atoms with Gasteiger partial charge in [-0.15, -0.1) is 0 Å². The molecule has 4 amide bonds. The molecule has 0 radical (unpaired) electrons. The summed E-state index contributed by atoms with van der Waals surface area (Å²) in [4.78, 5) is 67.9. The van der Waals surface area contributed by atoms with E-state index in [-0.39, 0.29) is 12.3 Å². The summed E-state index contributed by atoms with van der Waals surface area (Å²) in [6.07, 6.45) is 3.03. The third-order valence-electron chi connectivity index (χ3n) is 5.39. The summed E-state index contributed by atoms with van der Waals surface area (Å²) in [5.74, 6) is -5.05. The molecule has 0 fully saturated rings. The molecule has 0 aromatic carbocycles. The summed E-state index contributed by atoms with van der Waals surface area (Å²) in [6, 6.07) is -4.68. The highest BCUT2D eigenvalue weighted by Crippen LogP contribution is 2.10. The molecule has 1 rings (SSSR count). The van der Waals surface area contributed by atoms with Crippen LogP contribution in [0.5, 0.6) is 0 Å². The van der Waals surface area contributed by atoms with Crippen molar-refractivity contribution in [2.45, 2.75) is 71.1 Å². The molecule has 0 saturated heterocycles. The van der Waals surface area contributed by atoms with Gasteiger partial charge in [-0.05, 0) is 11.8 Å². The van der Waals surface area contributed by atoms with Crippen LogP contribution in [-0.4, -0.2) is 68.8 Å². The molecule has 1 aromatic heterocycles. The Kier molecular flexibility index (Phi) is 11.2. The number of rotatable bonds is 14. The van der Waals surface area contributed by atoms with Crippen molar-refractivity contribution in [3.63, 3.8) is 0 Å². The molecule has 190 valence electrons. The Labute approximate surface area is 197 Å². The fourth-order valence-corrected chi connectivity index (χ4v) is 3.13. The molecule has 5 unspecified atom stereocenters. The van der Waals surface area contributed by atoms with Gasteiger partial charge in [0.15, 0.2) is 0 Å². The lowest BCUT2D eigenvalue weighted by molar-refractivity contribution is -0.144. The van der Waals surface area contributed by atoms with Crippen molar-refractivity contribution in [3.05, 3.63) is 18.2 Å². The molecule has 0 aliphatic carbocycles. The van der Waals surface area contributed by atoms with E-state index in [2.05, 4.69) is 25.9 Å². The number of imidazole rings is 1. The number of H-pyrrole nitrogens is 1. The molecule has 0 aliphatic heterocycles. The summed E-state index contributed by atoms with van der Waals surface area (Å²) in [7, 11) is 0. The first-order valence-electron chi connectivity index (χ1n) is 11.0. The zero-order valence-electron chi connectivity index (χ0n) is 19.8. The highest BCUT2D eigenvalue weighted by Gasteiger charge is 2.33. The van der Waals surface area contributed by atoms with Gasteiger partial charge in [-0.1, -0.05) is 34.1 Å². The van der Waals surface area contributed by atoms with Crippen LogP contribution < -0.4 is 27.4 Å². The van der Waals surface area contributed by atoms with Crippen molar-refractivity contribution in [2.24, 2.45) is 23.3 Å². The third kappa shape index (κ3) is 8.81. The summed E-state index contributed by atoms with van der Waals surface area (Å²) < 4.78 is 0. The summed E-state index contributed by atoms with van der Waals surface area (Å²) in [5.41, 5.74) is 11.7. The van der Waals surface area contributed by atoms with Gasteiger partial charge in [0.1, 0.15) is 18.1 Å². The van der Waals surface area contributed by atoms with E-state index in [1.54, 1.807) is 27.7 Å². The minimum absolute atomic E-state index is 0.111. The van der Waals surface area contributed by atoms with E-state index < -0.39 is 66.1 Å². The molecule has 1 aromatic rings. The molecule has 0 aliphatic rings. The van der Waals surface area contributed by atoms with E-state index in [4.69, 9.17) is 11.5 Å². The normalized spacial score (nSPS) is 15.5. The van der Waals surface area contributed by atoms with Crippen LogP contribution in [0, 0.1) is 11.8 Å². The molecular weight excluding hydrogens is 446 g/mol. The number of amides is 4. The SMILES string of the molecule is CCC(C)C(NC(=O)C(NC(=O)C(CC(N)=O)NC(=O)C(N)Cc1cnc[nH]1)C(C)C)C(=O)O. The van der Waals surface area contributed by atoms with Crippen LogP contribution in [0.4, 0.5) is 0 Å². The maximum absolute atomic E-state index is 12.9. The van der Waals surface area contributed by atoms with Crippen molar-refractivity contribution < 1.29 is 29.1 Å². The molecule has 34 heavy (non-hydrogen) atoms. The fraction of sp³-hybridized carbons (Fsp3) is 0.619. The van der Waals surface area contributed by atoms with Gasteiger partial charge >= 0.3 is 5.97 Å². The first kappa shape index (κ1) is 28.6. The van der Waals surface area contributed by atoms with Gasteiger partial charge in [0.05, 0.1) is 18.8 Å². The molecule has 0 spiro atoms. The van der Waals surface area contributed by atoms with Crippen LogP contribution in [-0.2, 0) is 30.4 Å². The molecular formula is C21H35N7O6. The Hall–Kier alpha value is -3.48. The van der Waals surface area contributed by atoms with Crippen LogP contribution in [0.3, 0.4) is 0 Å². The zero-order valence-corrected chi connectivity index (χ0v) is 19.8. The average molecular weight is 482 g/mol. The number of carbonyl (C=O) groups excluding carboxylic acids is 4. The minimum atomic E-state index is -1.38. The number of carboxylic acid groups (broad SMARTS) is 1. The Morgan fingerprint density at radius 3 is 2.12 bits per heavy atom. The van der Waals surface area contributed by atoms with Crippen LogP contribution in [0.25, 0.3) is 0 Å². The predicted octanol–water partition coefficient (Wildman–Crippen LogP) is -1.60. The molecule has 13 heteroatoms. The van der Waals surface area contributed by atoms with Gasteiger partial charge in [0.25, 0.3) is 0 Å². The Balaban J connectivity index is 2.94. The van der Waals surface area contributed by atoms with Crippen molar-refractivity contribution in [3.8, 4) is 0 Å². The van der Waals surface area contributed by atoms with Crippen molar-refractivity contribution in [2.75, 3.05) is 0 Å². The van der Waals surface area contributed by atoms with E-state index in [9.17, 15) is 29.1 Å². The van der Waals surface area contributed by atoms with Gasteiger partial charge in [-0.25, -0.2) is 9.78 Å². The Morgan fingerprint density at radius 1 is 1.03 bits per heavy atom. The third-order valence-corrected chi connectivity index (χ3v) is 5.39. The van der Waals surface area contributed by atoms with E-state index in [0.29, 0.717) is 12.1 Å². The summed E-state index contributed by atoms with van der Waals surface area (Å²) in [5, 5.41) is 16.8. The number of aromatic amines is 1. The Morgan fingerprint density at radius 2 is 1.65 bits per heavy atom. The van der Waals surface area contributed by atoms with Gasteiger partial charge in [-0.2, -0.15) is 0 Å². The second kappa shape index (κ2) is 13.3. The number of nitrogens with zero attached hydrogens (tertiary/aromatic N) is 1. The molecule has 13 nitrogen and oxygen atoms in total. The van der Waals surface area contributed by atoms with Crippen molar-refractivity contribution in [1.82, 2.24) is 25.9 Å². The van der Waals surface area contributed by atoms with Crippen LogP contribution in [0.15, 0.2) is 12.5 Å². The quantitative estimate of drug-likeness (QED) is 0.163. The smallest absolute Gasteiger partial charge is 0.326 e. The van der Waals surface area contributed by atoms with Crippen molar-refractivity contribution in [1.29, 1.82) is 0 Å². The van der Waals surface area contributed by atoms with Gasteiger partial charge in [-0.3, -0.25) is 19.2 Å². The summed E-state index contributed by atoms with van der Waals surface area (Å²) >= 11 is 0.